The zero-order chi connectivity index (χ0) is 18.3. The van der Waals surface area contributed by atoms with E-state index in [1.165, 1.54) is 6.07 Å². The molecule has 1 aliphatic rings. The fourth-order valence-corrected chi connectivity index (χ4v) is 3.60. The van der Waals surface area contributed by atoms with Crippen molar-refractivity contribution in [1.82, 2.24) is 9.88 Å². The van der Waals surface area contributed by atoms with E-state index in [1.807, 2.05) is 28.8 Å². The first-order valence-corrected chi connectivity index (χ1v) is 8.60. The number of benzene rings is 2. The summed E-state index contributed by atoms with van der Waals surface area (Å²) in [4.78, 5) is 23.4. The molecule has 0 saturated carbocycles. The number of fused-ring (bicyclic) bond motifs is 1. The first-order valence-electron chi connectivity index (χ1n) is 7.78. The van der Waals surface area contributed by atoms with Crippen LogP contribution in [0.15, 0.2) is 53.6 Å². The molecule has 4 nitrogen and oxygen atoms in total. The van der Waals surface area contributed by atoms with Gasteiger partial charge in [0.15, 0.2) is 11.6 Å². The van der Waals surface area contributed by atoms with Crippen molar-refractivity contribution in [3.63, 3.8) is 0 Å². The molecule has 7 heteroatoms. The minimum atomic E-state index is -0.877. The minimum absolute atomic E-state index is 0.181. The van der Waals surface area contributed by atoms with Crippen LogP contribution in [0.1, 0.15) is 11.1 Å². The van der Waals surface area contributed by atoms with Crippen LogP contribution in [0.25, 0.3) is 17.0 Å². The van der Waals surface area contributed by atoms with Gasteiger partial charge in [0.2, 0.25) is 0 Å². The summed E-state index contributed by atoms with van der Waals surface area (Å²) in [6, 6.07) is 11.5. The van der Waals surface area contributed by atoms with Gasteiger partial charge >= 0.3 is 0 Å². The molecule has 1 fully saturated rings. The Labute approximate surface area is 151 Å². The second kappa shape index (κ2) is 6.42. The molecule has 130 valence electrons. The molecule has 1 aliphatic heterocycles. The number of amides is 2. The average Bonchev–Trinajstić information content (AvgIpc) is 3.16. The maximum Gasteiger partial charge on any atom is 0.290 e. The van der Waals surface area contributed by atoms with E-state index in [4.69, 9.17) is 0 Å². The van der Waals surface area contributed by atoms with Crippen molar-refractivity contribution in [1.29, 1.82) is 0 Å². The van der Waals surface area contributed by atoms with E-state index < -0.39 is 22.8 Å². The Morgan fingerprint density at radius 3 is 2.65 bits per heavy atom. The smallest absolute Gasteiger partial charge is 0.290 e. The van der Waals surface area contributed by atoms with Gasteiger partial charge in [-0.05, 0) is 41.6 Å². The number of hydrogen-bond donors (Lipinski definition) is 1. The molecule has 26 heavy (non-hydrogen) atoms. The first-order chi connectivity index (χ1) is 12.5. The van der Waals surface area contributed by atoms with Crippen molar-refractivity contribution < 1.29 is 18.4 Å². The quantitative estimate of drug-likeness (QED) is 0.700. The maximum atomic E-state index is 13.9. The van der Waals surface area contributed by atoms with Crippen molar-refractivity contribution in [2.75, 3.05) is 0 Å². The van der Waals surface area contributed by atoms with E-state index in [0.29, 0.717) is 4.91 Å². The highest BCUT2D eigenvalue weighted by Crippen LogP contribution is 2.29. The Morgan fingerprint density at radius 2 is 1.88 bits per heavy atom. The van der Waals surface area contributed by atoms with Crippen LogP contribution < -0.4 is 5.32 Å². The molecule has 1 N–H and O–H groups in total. The highest BCUT2D eigenvalue weighted by Gasteiger charge is 2.25. The molecule has 0 aliphatic carbocycles. The van der Waals surface area contributed by atoms with Gasteiger partial charge in [0.05, 0.1) is 11.4 Å². The van der Waals surface area contributed by atoms with Crippen LogP contribution >= 0.6 is 11.8 Å². The van der Waals surface area contributed by atoms with Crippen molar-refractivity contribution in [3.8, 4) is 0 Å². The summed E-state index contributed by atoms with van der Waals surface area (Å²) in [5.41, 5.74) is 1.84. The number of thioether (sulfide) groups is 1. The maximum absolute atomic E-state index is 13.9. The van der Waals surface area contributed by atoms with Crippen LogP contribution in [0.4, 0.5) is 13.6 Å². The van der Waals surface area contributed by atoms with Crippen molar-refractivity contribution in [2.45, 2.75) is 6.54 Å². The highest BCUT2D eigenvalue weighted by molar-refractivity contribution is 8.18. The lowest BCUT2D eigenvalue weighted by atomic mass is 10.1. The van der Waals surface area contributed by atoms with Gasteiger partial charge in [-0.15, -0.1) is 0 Å². The monoisotopic (exact) mass is 370 g/mol. The summed E-state index contributed by atoms with van der Waals surface area (Å²) in [5, 5.41) is 2.67. The molecule has 0 unspecified atom stereocenters. The molecule has 1 saturated heterocycles. The molecular weight excluding hydrogens is 358 g/mol. The van der Waals surface area contributed by atoms with E-state index in [2.05, 4.69) is 5.32 Å². The van der Waals surface area contributed by atoms with Crippen molar-refractivity contribution in [3.05, 3.63) is 76.3 Å². The summed E-state index contributed by atoms with van der Waals surface area (Å²) in [7, 11) is 0. The van der Waals surface area contributed by atoms with Gasteiger partial charge in [0.25, 0.3) is 11.1 Å². The van der Waals surface area contributed by atoms with E-state index in [-0.39, 0.29) is 12.1 Å². The summed E-state index contributed by atoms with van der Waals surface area (Å²) in [6.07, 6.45) is 3.43. The molecule has 2 amide bonds. The van der Waals surface area contributed by atoms with Crippen LogP contribution in [0.5, 0.6) is 0 Å². The second-order valence-electron chi connectivity index (χ2n) is 5.79. The van der Waals surface area contributed by atoms with E-state index in [0.717, 1.165) is 34.3 Å². The summed E-state index contributed by atoms with van der Waals surface area (Å²) < 4.78 is 29.2. The Bertz CT molecular complexity index is 1090. The van der Waals surface area contributed by atoms with Crippen molar-refractivity contribution in [2.24, 2.45) is 0 Å². The molecule has 2 heterocycles. The largest absolute Gasteiger partial charge is 0.343 e. The Balaban J connectivity index is 1.74. The van der Waals surface area contributed by atoms with Crippen LogP contribution in [0.3, 0.4) is 0 Å². The van der Waals surface area contributed by atoms with Gasteiger partial charge in [0, 0.05) is 22.7 Å². The lowest BCUT2D eigenvalue weighted by molar-refractivity contribution is -0.115. The average molecular weight is 370 g/mol. The number of nitrogens with one attached hydrogen (secondary N) is 1. The molecule has 0 spiro atoms. The molecule has 2 aromatic carbocycles. The van der Waals surface area contributed by atoms with Crippen LogP contribution in [-0.2, 0) is 11.3 Å². The fourth-order valence-electron chi connectivity index (χ4n) is 2.93. The minimum Gasteiger partial charge on any atom is -0.343 e. The summed E-state index contributed by atoms with van der Waals surface area (Å²) >= 11 is 0.854. The first kappa shape index (κ1) is 16.5. The molecule has 0 radical (unpaired) electrons. The third-order valence-electron chi connectivity index (χ3n) is 4.15. The van der Waals surface area contributed by atoms with E-state index in [9.17, 15) is 18.4 Å². The number of hydrogen-bond acceptors (Lipinski definition) is 3. The van der Waals surface area contributed by atoms with Crippen LogP contribution in [0, 0.1) is 11.6 Å². The van der Waals surface area contributed by atoms with Crippen LogP contribution in [-0.4, -0.2) is 15.7 Å². The molecular formula is C19H12F2N2O2S. The lowest BCUT2D eigenvalue weighted by Gasteiger charge is -2.08. The number of nitrogens with zero attached hydrogens (tertiary/aromatic N) is 1. The van der Waals surface area contributed by atoms with Gasteiger partial charge in [-0.2, -0.15) is 0 Å². The van der Waals surface area contributed by atoms with E-state index >= 15 is 0 Å². The topological polar surface area (TPSA) is 51.1 Å². The predicted octanol–water partition coefficient (Wildman–Crippen LogP) is 4.29. The summed E-state index contributed by atoms with van der Waals surface area (Å²) in [6.45, 7) is 0.181. The molecule has 4 rings (SSSR count). The Morgan fingerprint density at radius 1 is 1.08 bits per heavy atom. The van der Waals surface area contributed by atoms with E-state index in [1.54, 1.807) is 18.3 Å². The third kappa shape index (κ3) is 2.90. The third-order valence-corrected chi connectivity index (χ3v) is 4.96. The van der Waals surface area contributed by atoms with Gasteiger partial charge in [-0.25, -0.2) is 8.78 Å². The lowest BCUT2D eigenvalue weighted by Crippen LogP contribution is -2.17. The zero-order valence-electron chi connectivity index (χ0n) is 13.3. The van der Waals surface area contributed by atoms with Crippen LogP contribution in [0.2, 0.25) is 0 Å². The van der Waals surface area contributed by atoms with Crippen molar-refractivity contribution >= 4 is 39.9 Å². The fraction of sp³-hybridized carbons (Fsp3) is 0.0526. The number of aromatic nitrogens is 1. The number of carbonyl (C=O) groups is 2. The molecule has 0 atom stereocenters. The number of halogens is 2. The molecule has 1 aromatic heterocycles. The SMILES string of the molecule is O=C1NC(=O)C(=Cc2cccc3c2ccn3Cc2cccc(F)c2F)S1. The summed E-state index contributed by atoms with van der Waals surface area (Å²) in [5.74, 6) is -2.15. The predicted molar refractivity (Wildman–Crippen MR) is 96.5 cm³/mol. The molecule has 3 aromatic rings. The highest BCUT2D eigenvalue weighted by atomic mass is 32.2. The zero-order valence-corrected chi connectivity index (χ0v) is 14.1. The van der Waals surface area contributed by atoms with Gasteiger partial charge < -0.3 is 4.57 Å². The normalized spacial score (nSPS) is 15.8. The van der Waals surface area contributed by atoms with Gasteiger partial charge in [0.1, 0.15) is 0 Å². The number of imide groups is 1. The van der Waals surface area contributed by atoms with Gasteiger partial charge in [-0.3, -0.25) is 14.9 Å². The Hall–Kier alpha value is -2.93. The number of rotatable bonds is 3. The Kier molecular flexibility index (Phi) is 4.08. The second-order valence-corrected chi connectivity index (χ2v) is 6.80. The van der Waals surface area contributed by atoms with Gasteiger partial charge in [-0.1, -0.05) is 24.3 Å². The standard InChI is InChI=1S/C19H12F2N2O2S/c20-14-5-1-4-12(17(14)21)10-23-8-7-13-11(3-2-6-15(13)23)9-16-18(24)22-19(25)26-16/h1-9H,10H2,(H,22,24,25). The molecule has 0 bridgehead atoms. The number of carbonyl (C=O) groups excluding carboxylic acids is 2.